The van der Waals surface area contributed by atoms with Gasteiger partial charge in [-0.15, -0.1) is 21.5 Å². The number of aromatic nitrogens is 5. The quantitative estimate of drug-likeness (QED) is 0.367. The van der Waals surface area contributed by atoms with E-state index >= 15 is 0 Å². The first-order valence-corrected chi connectivity index (χ1v) is 11.2. The zero-order chi connectivity index (χ0) is 22.9. The molecule has 0 aliphatic rings. The van der Waals surface area contributed by atoms with Gasteiger partial charge in [-0.1, -0.05) is 35.9 Å². The van der Waals surface area contributed by atoms with Crippen molar-refractivity contribution in [3.63, 3.8) is 0 Å². The summed E-state index contributed by atoms with van der Waals surface area (Å²) in [5.74, 6) is 1.08. The maximum atomic E-state index is 6.51. The summed E-state index contributed by atoms with van der Waals surface area (Å²) >= 11 is 7.43. The van der Waals surface area contributed by atoms with Crippen LogP contribution in [-0.4, -0.2) is 39.0 Å². The molecule has 166 valence electrons. The van der Waals surface area contributed by atoms with E-state index in [1.807, 2.05) is 53.9 Å². The number of nitrogen functional groups attached to an aromatic ring is 1. The van der Waals surface area contributed by atoms with E-state index in [2.05, 4.69) is 15.3 Å². The van der Waals surface area contributed by atoms with Crippen LogP contribution in [-0.2, 0) is 11.3 Å². The molecule has 10 heteroatoms. The van der Waals surface area contributed by atoms with E-state index in [1.165, 1.54) is 11.3 Å². The van der Waals surface area contributed by atoms with Gasteiger partial charge in [-0.3, -0.25) is 0 Å². The number of hydrogen-bond acceptors (Lipinski definition) is 8. The van der Waals surface area contributed by atoms with E-state index in [-0.39, 0.29) is 0 Å². The van der Waals surface area contributed by atoms with Gasteiger partial charge in [0.15, 0.2) is 17.2 Å². The summed E-state index contributed by atoms with van der Waals surface area (Å²) in [6, 6.07) is 15.2. The van der Waals surface area contributed by atoms with Crippen molar-refractivity contribution in [2.75, 3.05) is 20.0 Å². The van der Waals surface area contributed by atoms with Crippen LogP contribution in [0.3, 0.4) is 0 Å². The second-order valence-electron chi connectivity index (χ2n) is 7.20. The Morgan fingerprint density at radius 3 is 2.64 bits per heavy atom. The molecule has 0 saturated carbocycles. The number of nitrogens with zero attached hydrogens (tertiary/aromatic N) is 5. The first kappa shape index (κ1) is 21.3. The Kier molecular flexibility index (Phi) is 5.67. The minimum absolute atomic E-state index is 0.294. The van der Waals surface area contributed by atoms with E-state index in [4.69, 9.17) is 31.8 Å². The first-order chi connectivity index (χ1) is 16.1. The molecule has 0 bridgehead atoms. The molecule has 2 N–H and O–H groups in total. The first-order valence-electron chi connectivity index (χ1n) is 9.98. The van der Waals surface area contributed by atoms with E-state index in [0.717, 1.165) is 28.1 Å². The normalized spacial score (nSPS) is 11.2. The molecule has 0 aliphatic heterocycles. The van der Waals surface area contributed by atoms with Crippen molar-refractivity contribution in [1.29, 1.82) is 0 Å². The highest BCUT2D eigenvalue weighted by Crippen LogP contribution is 2.35. The largest absolute Gasteiger partial charge is 0.497 e. The number of hydrogen-bond donors (Lipinski definition) is 1. The van der Waals surface area contributed by atoms with Gasteiger partial charge in [-0.05, 0) is 29.8 Å². The van der Waals surface area contributed by atoms with Crippen LogP contribution < -0.4 is 10.5 Å². The number of benzene rings is 2. The molecule has 3 heterocycles. The Hall–Kier alpha value is -3.53. The lowest BCUT2D eigenvalue weighted by Crippen LogP contribution is -2.05. The predicted octanol–water partition coefficient (Wildman–Crippen LogP) is 4.97. The summed E-state index contributed by atoms with van der Waals surface area (Å²) in [6.45, 7) is 0.294. The number of ether oxygens (including phenoxy) is 2. The van der Waals surface area contributed by atoms with Gasteiger partial charge in [0, 0.05) is 23.1 Å². The van der Waals surface area contributed by atoms with Gasteiger partial charge in [0.05, 0.1) is 30.7 Å². The lowest BCUT2D eigenvalue weighted by molar-refractivity contribution is 0.181. The van der Waals surface area contributed by atoms with Gasteiger partial charge in [-0.25, -0.2) is 4.98 Å². The lowest BCUT2D eigenvalue weighted by atomic mass is 10.1. The summed E-state index contributed by atoms with van der Waals surface area (Å²) in [5.41, 5.74) is 11.7. The molecule has 0 amide bonds. The topological polar surface area (TPSA) is 100 Å². The Morgan fingerprint density at radius 1 is 1.06 bits per heavy atom. The van der Waals surface area contributed by atoms with Crippen LogP contribution >= 0.6 is 22.9 Å². The molecule has 33 heavy (non-hydrogen) atoms. The highest BCUT2D eigenvalue weighted by Gasteiger charge is 2.22. The Balaban J connectivity index is 1.62. The molecular formula is C23H19ClN6O2S. The summed E-state index contributed by atoms with van der Waals surface area (Å²) in [5, 5.41) is 16.8. The third-order valence-corrected chi connectivity index (χ3v) is 6.24. The number of nitrogens with two attached hydrogens (primary N) is 1. The Labute approximate surface area is 198 Å². The van der Waals surface area contributed by atoms with Gasteiger partial charge in [0.1, 0.15) is 10.8 Å². The van der Waals surface area contributed by atoms with Gasteiger partial charge >= 0.3 is 0 Å². The third-order valence-electron chi connectivity index (χ3n) is 5.14. The zero-order valence-electron chi connectivity index (χ0n) is 17.8. The van der Waals surface area contributed by atoms with Crippen molar-refractivity contribution in [3.05, 3.63) is 64.6 Å². The number of fused-ring (bicyclic) bond motifs is 1. The summed E-state index contributed by atoms with van der Waals surface area (Å²) < 4.78 is 12.3. The molecule has 5 rings (SSSR count). The van der Waals surface area contributed by atoms with Crippen LogP contribution in [0.25, 0.3) is 38.7 Å². The number of halogens is 1. The number of thiazole rings is 1. The molecule has 0 aliphatic carbocycles. The average Bonchev–Trinajstić information content (AvgIpc) is 3.46. The SMILES string of the molecule is COCc1nn2c(N)c(-c3nc(-c4ccc(Cl)cc4)cs3)nnc2c1-c1cccc(OC)c1. The van der Waals surface area contributed by atoms with Crippen LogP contribution in [0.1, 0.15) is 5.69 Å². The molecule has 0 atom stereocenters. The Bertz CT molecular complexity index is 1450. The highest BCUT2D eigenvalue weighted by atomic mass is 35.5. The van der Waals surface area contributed by atoms with Gasteiger partial charge < -0.3 is 15.2 Å². The summed E-state index contributed by atoms with van der Waals surface area (Å²) in [4.78, 5) is 4.71. The fourth-order valence-electron chi connectivity index (χ4n) is 3.56. The molecule has 0 saturated heterocycles. The van der Waals surface area contributed by atoms with Gasteiger partial charge in [0.2, 0.25) is 0 Å². The predicted molar refractivity (Wildman–Crippen MR) is 129 cm³/mol. The summed E-state index contributed by atoms with van der Waals surface area (Å²) in [6.07, 6.45) is 0. The lowest BCUT2D eigenvalue weighted by Gasteiger charge is -2.06. The van der Waals surface area contributed by atoms with E-state index in [1.54, 1.807) is 18.7 Å². The Morgan fingerprint density at radius 2 is 1.88 bits per heavy atom. The van der Waals surface area contributed by atoms with Crippen molar-refractivity contribution in [3.8, 4) is 38.8 Å². The van der Waals surface area contributed by atoms with Crippen LogP contribution in [0.2, 0.25) is 5.02 Å². The van der Waals surface area contributed by atoms with Gasteiger partial charge in [0.25, 0.3) is 0 Å². The zero-order valence-corrected chi connectivity index (χ0v) is 19.4. The molecule has 2 aromatic carbocycles. The average molecular weight is 479 g/mol. The molecule has 8 nitrogen and oxygen atoms in total. The molecule has 0 fully saturated rings. The minimum Gasteiger partial charge on any atom is -0.497 e. The molecular weight excluding hydrogens is 460 g/mol. The molecule has 0 unspecified atom stereocenters. The van der Waals surface area contributed by atoms with Crippen molar-refractivity contribution in [1.82, 2.24) is 24.8 Å². The number of rotatable bonds is 6. The molecule has 0 radical (unpaired) electrons. The van der Waals surface area contributed by atoms with Crippen molar-refractivity contribution < 1.29 is 9.47 Å². The smallest absolute Gasteiger partial charge is 0.187 e. The fourth-order valence-corrected chi connectivity index (χ4v) is 4.51. The number of anilines is 1. The van der Waals surface area contributed by atoms with Gasteiger partial charge in [-0.2, -0.15) is 9.61 Å². The maximum Gasteiger partial charge on any atom is 0.187 e. The molecule has 5 aromatic rings. The second-order valence-corrected chi connectivity index (χ2v) is 8.50. The second kappa shape index (κ2) is 8.78. The van der Waals surface area contributed by atoms with E-state index in [9.17, 15) is 0 Å². The van der Waals surface area contributed by atoms with E-state index < -0.39 is 0 Å². The fraction of sp³-hybridized carbons (Fsp3) is 0.130. The van der Waals surface area contributed by atoms with Crippen molar-refractivity contribution in [2.45, 2.75) is 6.61 Å². The summed E-state index contributed by atoms with van der Waals surface area (Å²) in [7, 11) is 3.25. The van der Waals surface area contributed by atoms with Crippen molar-refractivity contribution in [2.24, 2.45) is 0 Å². The monoisotopic (exact) mass is 478 g/mol. The third kappa shape index (κ3) is 3.91. The number of methoxy groups -OCH3 is 2. The molecule has 0 spiro atoms. The molecule has 3 aromatic heterocycles. The maximum absolute atomic E-state index is 6.51. The van der Waals surface area contributed by atoms with Crippen LogP contribution in [0, 0.1) is 0 Å². The standard InChI is InChI=1S/C23H19ClN6O2S/c1-31-11-17-19(14-4-3-5-16(10-14)32-2)22-28-27-20(21(25)30(22)29-17)23-26-18(12-33-23)13-6-8-15(24)9-7-13/h3-10,12H,11,25H2,1-2H3. The van der Waals surface area contributed by atoms with Crippen LogP contribution in [0.15, 0.2) is 53.9 Å². The van der Waals surface area contributed by atoms with E-state index in [0.29, 0.717) is 39.5 Å². The van der Waals surface area contributed by atoms with Crippen LogP contribution in [0.5, 0.6) is 5.75 Å². The highest BCUT2D eigenvalue weighted by molar-refractivity contribution is 7.13. The minimum atomic E-state index is 0.294. The van der Waals surface area contributed by atoms with Crippen LogP contribution in [0.4, 0.5) is 5.82 Å². The van der Waals surface area contributed by atoms with Crippen molar-refractivity contribution >= 4 is 34.4 Å².